The third kappa shape index (κ3) is 2.08. The number of likely N-dealkylation sites (N-methyl/N-ethyl adjacent to an activating group) is 1. The van der Waals surface area contributed by atoms with Gasteiger partial charge >= 0.3 is 0 Å². The van der Waals surface area contributed by atoms with Crippen LogP contribution in [0.25, 0.3) is 0 Å². The van der Waals surface area contributed by atoms with Crippen LogP contribution in [0, 0.1) is 11.6 Å². The summed E-state index contributed by atoms with van der Waals surface area (Å²) in [7, 11) is 1.97. The average molecular weight is 226 g/mol. The van der Waals surface area contributed by atoms with E-state index in [9.17, 15) is 8.78 Å². The molecule has 2 rings (SSSR count). The number of benzene rings is 1. The number of hydrogen-bond donors (Lipinski definition) is 1. The van der Waals surface area contributed by atoms with E-state index in [1.165, 1.54) is 12.1 Å². The molecular weight excluding hydrogens is 210 g/mol. The molecule has 88 valence electrons. The Labute approximate surface area is 94.3 Å². The van der Waals surface area contributed by atoms with Crippen LogP contribution in [0.3, 0.4) is 0 Å². The minimum atomic E-state index is -0.527. The molecule has 0 aromatic heterocycles. The smallest absolute Gasteiger partial charge is 0.130 e. The van der Waals surface area contributed by atoms with Crippen LogP contribution in [0.1, 0.15) is 18.5 Å². The summed E-state index contributed by atoms with van der Waals surface area (Å²) in [5, 5.41) is 3.25. The van der Waals surface area contributed by atoms with Crippen molar-refractivity contribution in [1.29, 1.82) is 0 Å². The maximum absolute atomic E-state index is 13.6. The molecule has 4 heteroatoms. The molecule has 2 unspecified atom stereocenters. The van der Waals surface area contributed by atoms with Crippen molar-refractivity contribution >= 4 is 0 Å². The summed E-state index contributed by atoms with van der Waals surface area (Å²) in [6.07, 6.45) is 0. The van der Waals surface area contributed by atoms with E-state index in [1.807, 2.05) is 7.05 Å². The second kappa shape index (κ2) is 4.47. The van der Waals surface area contributed by atoms with Crippen molar-refractivity contribution in [2.24, 2.45) is 0 Å². The molecule has 16 heavy (non-hydrogen) atoms. The lowest BCUT2D eigenvalue weighted by molar-refractivity contribution is 0.138. The van der Waals surface area contributed by atoms with Gasteiger partial charge in [0.1, 0.15) is 11.6 Å². The van der Waals surface area contributed by atoms with Crippen molar-refractivity contribution in [3.63, 3.8) is 0 Å². The van der Waals surface area contributed by atoms with Crippen LogP contribution in [0.4, 0.5) is 8.78 Å². The lowest BCUT2D eigenvalue weighted by Gasteiger charge is -2.38. The molecule has 1 aliphatic heterocycles. The standard InChI is InChI=1S/C12H16F2N2/c1-8-6-15-7-12(16(8)2)10-4-3-9(13)5-11(10)14/h3-5,8,12,15H,6-7H2,1-2H3. The van der Waals surface area contributed by atoms with Gasteiger partial charge in [-0.15, -0.1) is 0 Å². The first-order valence-corrected chi connectivity index (χ1v) is 5.47. The molecule has 1 fully saturated rings. The topological polar surface area (TPSA) is 15.3 Å². The third-order valence-corrected chi connectivity index (χ3v) is 3.29. The monoisotopic (exact) mass is 226 g/mol. The Kier molecular flexibility index (Phi) is 3.21. The number of rotatable bonds is 1. The van der Waals surface area contributed by atoms with Gasteiger partial charge in [-0.05, 0) is 20.0 Å². The van der Waals surface area contributed by atoms with Crippen LogP contribution in [-0.4, -0.2) is 31.1 Å². The largest absolute Gasteiger partial charge is 0.313 e. The molecule has 0 spiro atoms. The normalized spacial score (nSPS) is 27.0. The highest BCUT2D eigenvalue weighted by Gasteiger charge is 2.27. The molecule has 1 aromatic carbocycles. The van der Waals surface area contributed by atoms with Crippen molar-refractivity contribution in [3.05, 3.63) is 35.4 Å². The second-order valence-corrected chi connectivity index (χ2v) is 4.35. The van der Waals surface area contributed by atoms with E-state index in [0.717, 1.165) is 12.6 Å². The van der Waals surface area contributed by atoms with Gasteiger partial charge in [-0.25, -0.2) is 8.78 Å². The molecular formula is C12H16F2N2. The molecule has 1 N–H and O–H groups in total. The molecule has 0 radical (unpaired) electrons. The lowest BCUT2D eigenvalue weighted by atomic mass is 10.0. The highest BCUT2D eigenvalue weighted by Crippen LogP contribution is 2.25. The van der Waals surface area contributed by atoms with Crippen LogP contribution in [0.2, 0.25) is 0 Å². The van der Waals surface area contributed by atoms with Gasteiger partial charge in [-0.1, -0.05) is 6.07 Å². The minimum absolute atomic E-state index is 0.0238. The first-order valence-electron chi connectivity index (χ1n) is 5.47. The van der Waals surface area contributed by atoms with E-state index in [1.54, 1.807) is 0 Å². The SMILES string of the molecule is CC1CNCC(c2ccc(F)cc2F)N1C. The fourth-order valence-electron chi connectivity index (χ4n) is 2.13. The molecule has 1 heterocycles. The summed E-state index contributed by atoms with van der Waals surface area (Å²) in [4.78, 5) is 2.12. The Hall–Kier alpha value is -1.00. The Bertz CT molecular complexity index is 381. The van der Waals surface area contributed by atoms with Crippen molar-refractivity contribution in [2.75, 3.05) is 20.1 Å². The summed E-state index contributed by atoms with van der Waals surface area (Å²) < 4.78 is 26.5. The number of halogens is 2. The summed E-state index contributed by atoms with van der Waals surface area (Å²) in [5.74, 6) is -0.992. The molecule has 2 nitrogen and oxygen atoms in total. The zero-order valence-electron chi connectivity index (χ0n) is 9.50. The molecule has 0 amide bonds. The number of hydrogen-bond acceptors (Lipinski definition) is 2. The number of piperazine rings is 1. The predicted molar refractivity (Wildman–Crippen MR) is 59.2 cm³/mol. The molecule has 0 bridgehead atoms. The fraction of sp³-hybridized carbons (Fsp3) is 0.500. The van der Waals surface area contributed by atoms with Gasteiger partial charge < -0.3 is 5.32 Å². The van der Waals surface area contributed by atoms with Gasteiger partial charge in [-0.3, -0.25) is 4.90 Å². The highest BCUT2D eigenvalue weighted by atomic mass is 19.1. The van der Waals surface area contributed by atoms with Gasteiger partial charge in [0.25, 0.3) is 0 Å². The van der Waals surface area contributed by atoms with Gasteiger partial charge in [0.2, 0.25) is 0 Å². The lowest BCUT2D eigenvalue weighted by Crippen LogP contribution is -2.49. The number of nitrogens with zero attached hydrogens (tertiary/aromatic N) is 1. The predicted octanol–water partition coefficient (Wildman–Crippen LogP) is 1.93. The summed E-state index contributed by atoms with van der Waals surface area (Å²) in [5.41, 5.74) is 0.558. The first kappa shape index (κ1) is 11.5. The summed E-state index contributed by atoms with van der Waals surface area (Å²) in [6, 6.07) is 4.12. The Morgan fingerprint density at radius 2 is 2.06 bits per heavy atom. The highest BCUT2D eigenvalue weighted by molar-refractivity contribution is 5.23. The molecule has 1 saturated heterocycles. The van der Waals surface area contributed by atoms with Crippen LogP contribution in [0.5, 0.6) is 0 Å². The van der Waals surface area contributed by atoms with Gasteiger partial charge in [-0.2, -0.15) is 0 Å². The van der Waals surface area contributed by atoms with Gasteiger partial charge in [0.15, 0.2) is 0 Å². The summed E-state index contributed by atoms with van der Waals surface area (Å²) >= 11 is 0. The van der Waals surface area contributed by atoms with Crippen LogP contribution in [0.15, 0.2) is 18.2 Å². The molecule has 1 aromatic rings. The molecule has 0 aliphatic carbocycles. The van der Waals surface area contributed by atoms with Crippen LogP contribution < -0.4 is 5.32 Å². The van der Waals surface area contributed by atoms with Crippen LogP contribution in [-0.2, 0) is 0 Å². The Morgan fingerprint density at radius 1 is 1.31 bits per heavy atom. The minimum Gasteiger partial charge on any atom is -0.313 e. The molecule has 1 aliphatic rings. The quantitative estimate of drug-likeness (QED) is 0.787. The zero-order valence-corrected chi connectivity index (χ0v) is 9.50. The Balaban J connectivity index is 2.29. The maximum Gasteiger partial charge on any atom is 0.130 e. The van der Waals surface area contributed by atoms with E-state index in [-0.39, 0.29) is 6.04 Å². The van der Waals surface area contributed by atoms with Crippen molar-refractivity contribution in [3.8, 4) is 0 Å². The van der Waals surface area contributed by atoms with Gasteiger partial charge in [0, 0.05) is 30.8 Å². The first-order chi connectivity index (χ1) is 7.59. The fourth-order valence-corrected chi connectivity index (χ4v) is 2.13. The molecule has 2 atom stereocenters. The Morgan fingerprint density at radius 3 is 2.75 bits per heavy atom. The second-order valence-electron chi connectivity index (χ2n) is 4.35. The van der Waals surface area contributed by atoms with E-state index in [2.05, 4.69) is 17.1 Å². The van der Waals surface area contributed by atoms with Crippen molar-refractivity contribution < 1.29 is 8.78 Å². The van der Waals surface area contributed by atoms with Crippen molar-refractivity contribution in [1.82, 2.24) is 10.2 Å². The van der Waals surface area contributed by atoms with Gasteiger partial charge in [0.05, 0.1) is 6.04 Å². The van der Waals surface area contributed by atoms with Crippen LogP contribution >= 0.6 is 0 Å². The van der Waals surface area contributed by atoms with E-state index >= 15 is 0 Å². The average Bonchev–Trinajstić information content (AvgIpc) is 2.23. The molecule has 0 saturated carbocycles. The van der Waals surface area contributed by atoms with Crippen molar-refractivity contribution in [2.45, 2.75) is 19.0 Å². The zero-order chi connectivity index (χ0) is 11.7. The van der Waals surface area contributed by atoms with E-state index in [0.29, 0.717) is 18.2 Å². The number of nitrogens with one attached hydrogen (secondary N) is 1. The third-order valence-electron chi connectivity index (χ3n) is 3.29. The van der Waals surface area contributed by atoms with E-state index < -0.39 is 11.6 Å². The maximum atomic E-state index is 13.6. The summed E-state index contributed by atoms with van der Waals surface area (Å²) in [6.45, 7) is 3.68. The van der Waals surface area contributed by atoms with E-state index in [4.69, 9.17) is 0 Å².